The van der Waals surface area contributed by atoms with Crippen molar-refractivity contribution in [2.45, 2.75) is 90.4 Å². The van der Waals surface area contributed by atoms with Crippen LogP contribution in [0.1, 0.15) is 111 Å². The number of carbonyl (C=O) groups is 2. The summed E-state index contributed by atoms with van der Waals surface area (Å²) in [4.78, 5) is 24.0. The average Bonchev–Trinajstić information content (AvgIpc) is 2.77. The maximum Gasteiger partial charge on any atom is 0.338 e. The van der Waals surface area contributed by atoms with Crippen LogP contribution in [0.5, 0.6) is 0 Å². The van der Waals surface area contributed by atoms with Crippen LogP contribution in [-0.2, 0) is 9.47 Å². The molecule has 0 amide bonds. The van der Waals surface area contributed by atoms with Crippen molar-refractivity contribution in [2.24, 2.45) is 0 Å². The summed E-state index contributed by atoms with van der Waals surface area (Å²) in [5, 5.41) is 0. The Labute approximate surface area is 183 Å². The van der Waals surface area contributed by atoms with Crippen LogP contribution in [0.2, 0.25) is 0 Å². The molecule has 0 saturated carbocycles. The lowest BCUT2D eigenvalue weighted by molar-refractivity contribution is 0.0497. The van der Waals surface area contributed by atoms with E-state index in [0.717, 1.165) is 12.8 Å². The molecule has 0 aliphatic carbocycles. The van der Waals surface area contributed by atoms with Gasteiger partial charge in [0, 0.05) is 0 Å². The van der Waals surface area contributed by atoms with Gasteiger partial charge < -0.3 is 9.47 Å². The third-order valence-corrected chi connectivity index (χ3v) is 5.15. The molecule has 1 rings (SSSR count). The molecule has 0 fully saturated rings. The fraction of sp³-hybridized carbons (Fsp3) is 0.615. The summed E-state index contributed by atoms with van der Waals surface area (Å²) in [6, 6.07) is 6.44. The summed E-state index contributed by atoms with van der Waals surface area (Å²) in [6.45, 7) is 6.33. The van der Waals surface area contributed by atoms with E-state index >= 15 is 0 Å². The van der Waals surface area contributed by atoms with Crippen LogP contribution < -0.4 is 0 Å². The summed E-state index contributed by atoms with van der Waals surface area (Å²) >= 11 is 0. The minimum absolute atomic E-state index is 0.145. The van der Waals surface area contributed by atoms with E-state index in [1.54, 1.807) is 18.2 Å². The molecule has 0 saturated heterocycles. The first-order chi connectivity index (χ1) is 14.7. The number of esters is 2. The summed E-state index contributed by atoms with van der Waals surface area (Å²) in [7, 11) is 0. The molecule has 1 aromatic rings. The molecule has 0 bridgehead atoms. The molecular formula is C26H40O4. The number of rotatable bonds is 18. The van der Waals surface area contributed by atoms with Gasteiger partial charge in [0.25, 0.3) is 0 Å². The maximum absolute atomic E-state index is 12.2. The van der Waals surface area contributed by atoms with Crippen molar-refractivity contribution in [1.29, 1.82) is 0 Å². The topological polar surface area (TPSA) is 52.6 Å². The lowest BCUT2D eigenvalue weighted by Crippen LogP contribution is -2.09. The molecule has 0 aromatic heterocycles. The van der Waals surface area contributed by atoms with Gasteiger partial charge in [0.05, 0.1) is 17.7 Å². The van der Waals surface area contributed by atoms with Gasteiger partial charge in [-0.1, -0.05) is 103 Å². The van der Waals surface area contributed by atoms with Crippen LogP contribution in [0.4, 0.5) is 0 Å². The summed E-state index contributed by atoms with van der Waals surface area (Å²) < 4.78 is 10.3. The van der Waals surface area contributed by atoms with E-state index in [2.05, 4.69) is 13.5 Å². The van der Waals surface area contributed by atoms with E-state index in [9.17, 15) is 9.59 Å². The van der Waals surface area contributed by atoms with Gasteiger partial charge in [0.15, 0.2) is 0 Å². The SMILES string of the molecule is C=CCOC(=O)c1cccc(C(=O)OCCCCCCCCCCCCCCC)c1. The minimum Gasteiger partial charge on any atom is -0.462 e. The number of benzene rings is 1. The number of hydrogen-bond donors (Lipinski definition) is 0. The summed E-state index contributed by atoms with van der Waals surface area (Å²) in [5.41, 5.74) is 0.713. The third kappa shape index (κ3) is 12.5. The molecule has 4 heteroatoms. The highest BCUT2D eigenvalue weighted by molar-refractivity contribution is 5.95. The lowest BCUT2D eigenvalue weighted by atomic mass is 10.0. The van der Waals surface area contributed by atoms with Crippen LogP contribution in [0, 0.1) is 0 Å². The molecule has 168 valence electrons. The highest BCUT2D eigenvalue weighted by Gasteiger charge is 2.12. The second-order valence-electron chi connectivity index (χ2n) is 7.85. The number of ether oxygens (including phenoxy) is 2. The Kier molecular flexibility index (Phi) is 15.3. The van der Waals surface area contributed by atoms with E-state index in [4.69, 9.17) is 9.47 Å². The van der Waals surface area contributed by atoms with Crippen molar-refractivity contribution in [2.75, 3.05) is 13.2 Å². The first-order valence-electron chi connectivity index (χ1n) is 11.7. The molecule has 0 heterocycles. The molecule has 0 aliphatic rings. The molecule has 0 unspecified atom stereocenters. The van der Waals surface area contributed by atoms with Crippen LogP contribution in [0.15, 0.2) is 36.9 Å². The zero-order valence-electron chi connectivity index (χ0n) is 18.8. The predicted molar refractivity (Wildman–Crippen MR) is 123 cm³/mol. The van der Waals surface area contributed by atoms with E-state index in [1.165, 1.54) is 82.8 Å². The summed E-state index contributed by atoms with van der Waals surface area (Å²) in [6.07, 6.45) is 18.2. The van der Waals surface area contributed by atoms with Crippen LogP contribution in [0.25, 0.3) is 0 Å². The normalized spacial score (nSPS) is 10.6. The molecule has 0 atom stereocenters. The summed E-state index contributed by atoms with van der Waals surface area (Å²) in [5.74, 6) is -0.867. The van der Waals surface area contributed by atoms with Crippen molar-refractivity contribution in [1.82, 2.24) is 0 Å². The second kappa shape index (κ2) is 17.7. The van der Waals surface area contributed by atoms with Crippen molar-refractivity contribution in [3.8, 4) is 0 Å². The van der Waals surface area contributed by atoms with Gasteiger partial charge in [-0.2, -0.15) is 0 Å². The van der Waals surface area contributed by atoms with Crippen molar-refractivity contribution < 1.29 is 19.1 Å². The van der Waals surface area contributed by atoms with E-state index in [1.807, 2.05) is 0 Å². The molecule has 0 radical (unpaired) electrons. The predicted octanol–water partition coefficient (Wildman–Crippen LogP) is 7.28. The second-order valence-corrected chi connectivity index (χ2v) is 7.85. The highest BCUT2D eigenvalue weighted by atomic mass is 16.5. The van der Waals surface area contributed by atoms with Gasteiger partial charge in [0.2, 0.25) is 0 Å². The average molecular weight is 417 g/mol. The molecule has 0 spiro atoms. The Morgan fingerprint density at radius 3 is 1.73 bits per heavy atom. The highest BCUT2D eigenvalue weighted by Crippen LogP contribution is 2.13. The largest absolute Gasteiger partial charge is 0.462 e. The Hall–Kier alpha value is -2.10. The zero-order chi connectivity index (χ0) is 21.9. The molecule has 1 aromatic carbocycles. The fourth-order valence-corrected chi connectivity index (χ4v) is 3.36. The van der Waals surface area contributed by atoms with Crippen molar-refractivity contribution >= 4 is 11.9 Å². The third-order valence-electron chi connectivity index (χ3n) is 5.15. The lowest BCUT2D eigenvalue weighted by Gasteiger charge is -2.07. The monoisotopic (exact) mass is 416 g/mol. The van der Waals surface area contributed by atoms with Gasteiger partial charge in [-0.15, -0.1) is 0 Å². The molecular weight excluding hydrogens is 376 g/mol. The quantitative estimate of drug-likeness (QED) is 0.143. The maximum atomic E-state index is 12.2. The number of unbranched alkanes of at least 4 members (excludes halogenated alkanes) is 12. The van der Waals surface area contributed by atoms with Gasteiger partial charge >= 0.3 is 11.9 Å². The van der Waals surface area contributed by atoms with E-state index in [-0.39, 0.29) is 6.61 Å². The van der Waals surface area contributed by atoms with E-state index < -0.39 is 11.9 Å². The van der Waals surface area contributed by atoms with Gasteiger partial charge in [0.1, 0.15) is 6.61 Å². The van der Waals surface area contributed by atoms with Gasteiger partial charge in [-0.05, 0) is 24.6 Å². The van der Waals surface area contributed by atoms with Crippen molar-refractivity contribution in [3.05, 3.63) is 48.0 Å². The molecule has 4 nitrogen and oxygen atoms in total. The Balaban J connectivity index is 2.04. The van der Waals surface area contributed by atoms with Crippen LogP contribution in [0.3, 0.4) is 0 Å². The first kappa shape index (κ1) is 25.9. The Morgan fingerprint density at radius 2 is 1.23 bits per heavy atom. The number of carbonyl (C=O) groups excluding carboxylic acids is 2. The first-order valence-corrected chi connectivity index (χ1v) is 11.7. The molecule has 0 aliphatic heterocycles. The van der Waals surface area contributed by atoms with Crippen molar-refractivity contribution in [3.63, 3.8) is 0 Å². The smallest absolute Gasteiger partial charge is 0.338 e. The zero-order valence-corrected chi connectivity index (χ0v) is 18.8. The molecule has 30 heavy (non-hydrogen) atoms. The Bertz CT molecular complexity index is 609. The Morgan fingerprint density at radius 1 is 0.767 bits per heavy atom. The van der Waals surface area contributed by atoms with Gasteiger partial charge in [-0.3, -0.25) is 0 Å². The number of hydrogen-bond acceptors (Lipinski definition) is 4. The molecule has 0 N–H and O–H groups in total. The van der Waals surface area contributed by atoms with Gasteiger partial charge in [-0.25, -0.2) is 9.59 Å². The fourth-order valence-electron chi connectivity index (χ4n) is 3.36. The van der Waals surface area contributed by atoms with Crippen LogP contribution in [-0.4, -0.2) is 25.2 Å². The van der Waals surface area contributed by atoms with E-state index in [0.29, 0.717) is 17.7 Å². The standard InChI is InChI=1S/C26H40O4/c1-3-5-6-7-8-9-10-11-12-13-14-15-16-21-30-26(28)24-19-17-18-23(22-24)25(27)29-20-4-2/h4,17-19,22H,2-3,5-16,20-21H2,1H3. The minimum atomic E-state index is -0.471. The van der Waals surface area contributed by atoms with Crippen LogP contribution >= 0.6 is 0 Å².